The van der Waals surface area contributed by atoms with E-state index in [0.29, 0.717) is 11.2 Å². The van der Waals surface area contributed by atoms with E-state index in [0.717, 1.165) is 5.69 Å². The number of imidazole rings is 1. The first-order chi connectivity index (χ1) is 3.83. The van der Waals surface area contributed by atoms with Crippen LogP contribution in [0.25, 0.3) is 0 Å². The van der Waals surface area contributed by atoms with Gasteiger partial charge in [0.25, 0.3) is 0 Å². The molecule has 0 unspecified atom stereocenters. The van der Waals surface area contributed by atoms with E-state index in [4.69, 9.17) is 23.2 Å². The van der Waals surface area contributed by atoms with Gasteiger partial charge in [-0.2, -0.15) is 0 Å². The van der Waals surface area contributed by atoms with Crippen molar-refractivity contribution in [3.8, 4) is 0 Å². The van der Waals surface area contributed by atoms with Crippen LogP contribution in [0.5, 0.6) is 0 Å². The van der Waals surface area contributed by atoms with Gasteiger partial charge in [-0.25, -0.2) is 4.98 Å². The number of nitrogens with zero attached hydrogens (tertiary/aromatic N) is 1. The van der Waals surface area contributed by atoms with Crippen LogP contribution in [-0.2, 0) is 5.88 Å². The zero-order valence-electron chi connectivity index (χ0n) is 3.99. The predicted octanol–water partition coefficient (Wildman–Crippen LogP) is 1.80. The number of hydrogen-bond donors (Lipinski definition) is 1. The van der Waals surface area contributed by atoms with Crippen LogP contribution in [0.3, 0.4) is 0 Å². The van der Waals surface area contributed by atoms with Crippen molar-refractivity contribution in [1.82, 2.24) is 9.97 Å². The van der Waals surface area contributed by atoms with Gasteiger partial charge in [0.05, 0.1) is 11.6 Å². The van der Waals surface area contributed by atoms with Crippen molar-refractivity contribution >= 4 is 23.2 Å². The Morgan fingerprint density at radius 2 is 2.50 bits per heavy atom. The lowest BCUT2D eigenvalue weighted by molar-refractivity contribution is 1.22. The van der Waals surface area contributed by atoms with Gasteiger partial charge in [0, 0.05) is 6.20 Å². The first kappa shape index (κ1) is 5.92. The molecule has 0 bridgehead atoms. The van der Waals surface area contributed by atoms with Gasteiger partial charge < -0.3 is 4.98 Å². The maximum atomic E-state index is 5.41. The number of aromatic nitrogens is 2. The normalized spacial score (nSPS) is 9.75. The van der Waals surface area contributed by atoms with E-state index in [1.165, 1.54) is 0 Å². The molecule has 0 amide bonds. The van der Waals surface area contributed by atoms with Gasteiger partial charge in [-0.05, 0) is 11.6 Å². The summed E-state index contributed by atoms with van der Waals surface area (Å²) in [5, 5.41) is 0.389. The third-order valence-electron chi connectivity index (χ3n) is 0.737. The number of nitrogens with one attached hydrogen (secondary N) is 1. The second-order valence-electron chi connectivity index (χ2n) is 1.32. The number of aromatic amines is 1. The highest BCUT2D eigenvalue weighted by molar-refractivity contribution is 6.28. The molecule has 0 aromatic carbocycles. The van der Waals surface area contributed by atoms with Crippen molar-refractivity contribution in [2.45, 2.75) is 5.88 Å². The van der Waals surface area contributed by atoms with Crippen molar-refractivity contribution < 1.29 is 0 Å². The SMILES string of the molecule is ClCc1c[nH]c(Cl)n1. The Hall–Kier alpha value is -0.210. The molecule has 0 aliphatic carbocycles. The summed E-state index contributed by atoms with van der Waals surface area (Å²) in [6, 6.07) is 0. The maximum Gasteiger partial charge on any atom is 0.200 e. The number of alkyl halides is 1. The summed E-state index contributed by atoms with van der Waals surface area (Å²) >= 11 is 10.8. The lowest BCUT2D eigenvalue weighted by Gasteiger charge is -1.76. The van der Waals surface area contributed by atoms with Crippen molar-refractivity contribution in [3.05, 3.63) is 17.2 Å². The summed E-state index contributed by atoms with van der Waals surface area (Å²) < 4.78 is 0. The van der Waals surface area contributed by atoms with Gasteiger partial charge in [0.2, 0.25) is 0 Å². The van der Waals surface area contributed by atoms with Crippen molar-refractivity contribution in [2.24, 2.45) is 0 Å². The van der Waals surface area contributed by atoms with Crippen LogP contribution in [0.15, 0.2) is 6.20 Å². The van der Waals surface area contributed by atoms with Crippen LogP contribution in [0.2, 0.25) is 5.28 Å². The van der Waals surface area contributed by atoms with Gasteiger partial charge >= 0.3 is 0 Å². The first-order valence-corrected chi connectivity index (χ1v) is 3.00. The second-order valence-corrected chi connectivity index (χ2v) is 1.94. The molecule has 0 atom stereocenters. The Labute approximate surface area is 56.8 Å². The second kappa shape index (κ2) is 2.37. The Morgan fingerprint density at radius 1 is 1.75 bits per heavy atom. The highest BCUT2D eigenvalue weighted by Crippen LogP contribution is 2.03. The highest BCUT2D eigenvalue weighted by atomic mass is 35.5. The zero-order valence-corrected chi connectivity index (χ0v) is 5.50. The van der Waals surface area contributed by atoms with Crippen LogP contribution >= 0.6 is 23.2 Å². The molecule has 0 aliphatic rings. The molecule has 1 rings (SSSR count). The fourth-order valence-electron chi connectivity index (χ4n) is 0.402. The van der Waals surface area contributed by atoms with Crippen molar-refractivity contribution in [2.75, 3.05) is 0 Å². The van der Waals surface area contributed by atoms with E-state index in [-0.39, 0.29) is 0 Å². The average Bonchev–Trinajstić information content (AvgIpc) is 2.14. The summed E-state index contributed by atoms with van der Waals surface area (Å²) in [5.41, 5.74) is 0.775. The van der Waals surface area contributed by atoms with Gasteiger partial charge in [0.15, 0.2) is 5.28 Å². The molecular formula is C4H4Cl2N2. The lowest BCUT2D eigenvalue weighted by Crippen LogP contribution is -1.71. The largest absolute Gasteiger partial charge is 0.335 e. The molecule has 1 N–H and O–H groups in total. The predicted molar refractivity (Wildman–Crippen MR) is 33.2 cm³/mol. The Kier molecular flexibility index (Phi) is 1.76. The van der Waals surface area contributed by atoms with E-state index in [9.17, 15) is 0 Å². The lowest BCUT2D eigenvalue weighted by atomic mass is 10.6. The monoisotopic (exact) mass is 150 g/mol. The molecule has 0 saturated carbocycles. The standard InChI is InChI=1S/C4H4Cl2N2/c5-1-3-2-7-4(6)8-3/h2H,1H2,(H,7,8). The third kappa shape index (κ3) is 1.14. The minimum Gasteiger partial charge on any atom is -0.335 e. The fourth-order valence-corrected chi connectivity index (χ4v) is 0.702. The fraction of sp³-hybridized carbons (Fsp3) is 0.250. The molecule has 0 saturated heterocycles. The van der Waals surface area contributed by atoms with E-state index < -0.39 is 0 Å². The van der Waals surface area contributed by atoms with Crippen LogP contribution in [0, 0.1) is 0 Å². The Bertz CT molecular complexity index is 172. The van der Waals surface area contributed by atoms with Gasteiger partial charge in [0.1, 0.15) is 0 Å². The third-order valence-corrected chi connectivity index (χ3v) is 1.20. The molecule has 1 heterocycles. The van der Waals surface area contributed by atoms with E-state index in [1.54, 1.807) is 6.20 Å². The Balaban J connectivity index is 2.84. The van der Waals surface area contributed by atoms with Crippen molar-refractivity contribution in [1.29, 1.82) is 0 Å². The minimum absolute atomic E-state index is 0.389. The maximum absolute atomic E-state index is 5.41. The van der Waals surface area contributed by atoms with E-state index >= 15 is 0 Å². The molecule has 0 radical (unpaired) electrons. The molecule has 44 valence electrons. The first-order valence-electron chi connectivity index (χ1n) is 2.08. The van der Waals surface area contributed by atoms with Crippen LogP contribution in [-0.4, -0.2) is 9.97 Å². The van der Waals surface area contributed by atoms with Gasteiger partial charge in [-0.1, -0.05) is 0 Å². The summed E-state index contributed by atoms with van der Waals surface area (Å²) in [7, 11) is 0. The van der Waals surface area contributed by atoms with E-state index in [1.807, 2.05) is 0 Å². The highest BCUT2D eigenvalue weighted by Gasteiger charge is 1.93. The summed E-state index contributed by atoms with van der Waals surface area (Å²) in [4.78, 5) is 6.50. The quantitative estimate of drug-likeness (QED) is 0.609. The molecule has 1 aromatic rings. The zero-order chi connectivity index (χ0) is 5.98. The average molecular weight is 151 g/mol. The molecular weight excluding hydrogens is 147 g/mol. The number of hydrogen-bond acceptors (Lipinski definition) is 1. The summed E-state index contributed by atoms with van der Waals surface area (Å²) in [5.74, 6) is 0.406. The summed E-state index contributed by atoms with van der Waals surface area (Å²) in [6.45, 7) is 0. The van der Waals surface area contributed by atoms with Gasteiger partial charge in [-0.15, -0.1) is 11.6 Å². The minimum atomic E-state index is 0.389. The van der Waals surface area contributed by atoms with Crippen LogP contribution < -0.4 is 0 Å². The molecule has 0 fully saturated rings. The van der Waals surface area contributed by atoms with Crippen LogP contribution in [0.1, 0.15) is 5.69 Å². The van der Waals surface area contributed by atoms with Crippen LogP contribution in [0.4, 0.5) is 0 Å². The van der Waals surface area contributed by atoms with Gasteiger partial charge in [-0.3, -0.25) is 0 Å². The smallest absolute Gasteiger partial charge is 0.200 e. The summed E-state index contributed by atoms with van der Waals surface area (Å²) in [6.07, 6.45) is 1.68. The number of halogens is 2. The molecule has 0 spiro atoms. The molecule has 1 aromatic heterocycles. The molecule has 0 aliphatic heterocycles. The molecule has 4 heteroatoms. The number of H-pyrrole nitrogens is 1. The number of rotatable bonds is 1. The van der Waals surface area contributed by atoms with E-state index in [2.05, 4.69) is 9.97 Å². The Morgan fingerprint density at radius 3 is 2.75 bits per heavy atom. The van der Waals surface area contributed by atoms with Crippen molar-refractivity contribution in [3.63, 3.8) is 0 Å². The molecule has 8 heavy (non-hydrogen) atoms. The molecule has 2 nitrogen and oxygen atoms in total. The topological polar surface area (TPSA) is 28.7 Å².